The van der Waals surface area contributed by atoms with Crippen LogP contribution in [0.2, 0.25) is 0 Å². The van der Waals surface area contributed by atoms with Crippen LogP contribution in [0.5, 0.6) is 0 Å². The van der Waals surface area contributed by atoms with Gasteiger partial charge in [0.25, 0.3) is 0 Å². The molecule has 3 aliphatic rings. The molecule has 3 heteroatoms. The molecule has 0 spiro atoms. The number of ketones is 2. The number of piperidine rings is 1. The third-order valence-corrected chi connectivity index (χ3v) is 5.40. The maximum Gasteiger partial charge on any atom is 0.206 e. The Bertz CT molecular complexity index is 562. The van der Waals surface area contributed by atoms with Gasteiger partial charge in [0.1, 0.15) is 0 Å². The number of rotatable bonds is 2. The van der Waals surface area contributed by atoms with Crippen molar-refractivity contribution in [3.8, 4) is 0 Å². The van der Waals surface area contributed by atoms with Crippen LogP contribution >= 0.6 is 0 Å². The third-order valence-electron chi connectivity index (χ3n) is 5.40. The Morgan fingerprint density at radius 1 is 0.905 bits per heavy atom. The van der Waals surface area contributed by atoms with E-state index in [2.05, 4.69) is 18.7 Å². The van der Waals surface area contributed by atoms with Crippen LogP contribution in [0.15, 0.2) is 22.4 Å². The second-order valence-corrected chi connectivity index (χ2v) is 7.03. The summed E-state index contributed by atoms with van der Waals surface area (Å²) in [7, 11) is 0. The average molecular weight is 287 g/mol. The summed E-state index contributed by atoms with van der Waals surface area (Å²) in [5.74, 6) is 0.847. The number of nitrogens with zero attached hydrogens (tertiary/aromatic N) is 1. The predicted octanol–water partition coefficient (Wildman–Crippen LogP) is 3.12. The average Bonchev–Trinajstić information content (AvgIpc) is 2.47. The molecular weight excluding hydrogens is 262 g/mol. The summed E-state index contributed by atoms with van der Waals surface area (Å²) in [5.41, 5.74) is 3.10. The van der Waals surface area contributed by atoms with E-state index in [-0.39, 0.29) is 29.3 Å². The lowest BCUT2D eigenvalue weighted by Crippen LogP contribution is -2.46. The molecule has 0 aromatic rings. The summed E-state index contributed by atoms with van der Waals surface area (Å²) in [4.78, 5) is 28.1. The molecule has 0 aromatic carbocycles. The Labute approximate surface area is 127 Å². The van der Waals surface area contributed by atoms with Crippen molar-refractivity contribution in [1.82, 2.24) is 4.90 Å². The number of likely N-dealkylation sites (tertiary alicyclic amines) is 1. The summed E-state index contributed by atoms with van der Waals surface area (Å²) < 4.78 is 0. The minimum Gasteiger partial charge on any atom is -0.368 e. The standard InChI is InChI=1S/C18H25NO2/c1-10(2)13-16(19-8-6-5-7-9-19)18(21)15-12(4)11(3)14(15)17(13)20/h10-12H,5-9H2,1-4H3/t11?,12-/m0/s1. The van der Waals surface area contributed by atoms with Gasteiger partial charge in [-0.2, -0.15) is 0 Å². The second kappa shape index (κ2) is 5.11. The Morgan fingerprint density at radius 2 is 1.43 bits per heavy atom. The van der Waals surface area contributed by atoms with Crippen molar-refractivity contribution in [1.29, 1.82) is 0 Å². The van der Waals surface area contributed by atoms with Crippen LogP contribution in [0.4, 0.5) is 0 Å². The van der Waals surface area contributed by atoms with E-state index in [4.69, 9.17) is 0 Å². The van der Waals surface area contributed by atoms with Gasteiger partial charge in [-0.15, -0.1) is 0 Å². The molecule has 1 unspecified atom stereocenters. The molecule has 0 aromatic heterocycles. The monoisotopic (exact) mass is 287 g/mol. The van der Waals surface area contributed by atoms with Gasteiger partial charge in [0, 0.05) is 29.8 Å². The van der Waals surface area contributed by atoms with E-state index in [0.29, 0.717) is 0 Å². The van der Waals surface area contributed by atoms with Crippen LogP contribution in [0.1, 0.15) is 47.0 Å². The zero-order valence-corrected chi connectivity index (χ0v) is 13.5. The largest absolute Gasteiger partial charge is 0.368 e. The molecule has 0 saturated carbocycles. The van der Waals surface area contributed by atoms with Crippen molar-refractivity contribution in [2.45, 2.75) is 47.0 Å². The molecule has 21 heavy (non-hydrogen) atoms. The second-order valence-electron chi connectivity index (χ2n) is 7.03. The van der Waals surface area contributed by atoms with Gasteiger partial charge < -0.3 is 4.90 Å². The third kappa shape index (κ3) is 2.01. The predicted molar refractivity (Wildman–Crippen MR) is 82.7 cm³/mol. The molecule has 0 amide bonds. The summed E-state index contributed by atoms with van der Waals surface area (Å²) in [6, 6.07) is 0. The lowest BCUT2D eigenvalue weighted by Gasteiger charge is -2.43. The number of carbonyl (C=O) groups excluding carboxylic acids is 2. The Morgan fingerprint density at radius 3 is 1.95 bits per heavy atom. The highest BCUT2D eigenvalue weighted by Gasteiger charge is 2.48. The van der Waals surface area contributed by atoms with Gasteiger partial charge >= 0.3 is 0 Å². The van der Waals surface area contributed by atoms with Crippen molar-refractivity contribution in [2.24, 2.45) is 17.8 Å². The fourth-order valence-corrected chi connectivity index (χ4v) is 4.02. The number of Topliss-reactive ketones (excluding diaryl/α,β-unsaturated/α-hetero) is 2. The summed E-state index contributed by atoms with van der Waals surface area (Å²) in [6.07, 6.45) is 3.47. The molecule has 3 nitrogen and oxygen atoms in total. The van der Waals surface area contributed by atoms with Gasteiger partial charge in [-0.1, -0.05) is 27.7 Å². The molecule has 0 bridgehead atoms. The van der Waals surface area contributed by atoms with Gasteiger partial charge in [-0.25, -0.2) is 0 Å². The SMILES string of the molecule is CC(C)C1=C(N2CCCCC2)C(=O)C2=C(C1=O)C(C)[C@@H]2C. The molecule has 2 aliphatic carbocycles. The zero-order valence-electron chi connectivity index (χ0n) is 13.5. The minimum atomic E-state index is 0.107. The molecule has 3 rings (SSSR count). The molecule has 1 fully saturated rings. The van der Waals surface area contributed by atoms with Crippen molar-refractivity contribution < 1.29 is 9.59 Å². The summed E-state index contributed by atoms with van der Waals surface area (Å²) >= 11 is 0. The number of hydrogen-bond donors (Lipinski definition) is 0. The van der Waals surface area contributed by atoms with E-state index in [1.165, 1.54) is 6.42 Å². The summed E-state index contributed by atoms with van der Waals surface area (Å²) in [5, 5.41) is 0. The first-order chi connectivity index (χ1) is 9.95. The van der Waals surface area contributed by atoms with Gasteiger partial charge in [0.05, 0.1) is 5.70 Å². The lowest BCUT2D eigenvalue weighted by molar-refractivity contribution is -0.120. The fraction of sp³-hybridized carbons (Fsp3) is 0.667. The minimum absolute atomic E-state index is 0.107. The van der Waals surface area contributed by atoms with Gasteiger partial charge in [0.2, 0.25) is 5.78 Å². The van der Waals surface area contributed by atoms with Gasteiger partial charge in [-0.3, -0.25) is 9.59 Å². The number of allylic oxidation sites excluding steroid dienone is 3. The highest BCUT2D eigenvalue weighted by atomic mass is 16.1. The van der Waals surface area contributed by atoms with Crippen LogP contribution in [0.3, 0.4) is 0 Å². The van der Waals surface area contributed by atoms with Crippen molar-refractivity contribution in [2.75, 3.05) is 13.1 Å². The maximum absolute atomic E-state index is 13.0. The first kappa shape index (κ1) is 14.6. The molecule has 0 radical (unpaired) electrons. The van der Waals surface area contributed by atoms with E-state index in [9.17, 15) is 9.59 Å². The van der Waals surface area contributed by atoms with Crippen LogP contribution in [-0.2, 0) is 9.59 Å². The molecule has 1 saturated heterocycles. The zero-order chi connectivity index (χ0) is 15.3. The first-order valence-corrected chi connectivity index (χ1v) is 8.27. The molecule has 1 aliphatic heterocycles. The molecule has 114 valence electrons. The van der Waals surface area contributed by atoms with Crippen LogP contribution in [0.25, 0.3) is 0 Å². The van der Waals surface area contributed by atoms with Crippen molar-refractivity contribution in [3.63, 3.8) is 0 Å². The van der Waals surface area contributed by atoms with E-state index >= 15 is 0 Å². The summed E-state index contributed by atoms with van der Waals surface area (Å²) in [6.45, 7) is 10.0. The van der Waals surface area contributed by atoms with E-state index < -0.39 is 0 Å². The van der Waals surface area contributed by atoms with Gasteiger partial charge in [0.15, 0.2) is 5.78 Å². The number of carbonyl (C=O) groups is 2. The Balaban J connectivity index is 2.07. The highest BCUT2D eigenvalue weighted by Crippen LogP contribution is 2.48. The molecular formula is C18H25NO2. The van der Waals surface area contributed by atoms with Gasteiger partial charge in [-0.05, 0) is 37.0 Å². The van der Waals surface area contributed by atoms with E-state index in [0.717, 1.165) is 48.3 Å². The smallest absolute Gasteiger partial charge is 0.206 e. The fourth-order valence-electron chi connectivity index (χ4n) is 4.02. The van der Waals surface area contributed by atoms with E-state index in [1.54, 1.807) is 0 Å². The van der Waals surface area contributed by atoms with Crippen molar-refractivity contribution >= 4 is 11.6 Å². The first-order valence-electron chi connectivity index (χ1n) is 8.27. The molecule has 0 N–H and O–H groups in total. The topological polar surface area (TPSA) is 37.4 Å². The molecule has 1 heterocycles. The normalized spacial score (nSPS) is 30.0. The number of hydrogen-bond acceptors (Lipinski definition) is 3. The Hall–Kier alpha value is -1.38. The van der Waals surface area contributed by atoms with E-state index in [1.807, 2.05) is 13.8 Å². The van der Waals surface area contributed by atoms with Crippen molar-refractivity contribution in [3.05, 3.63) is 22.4 Å². The van der Waals surface area contributed by atoms with Crippen LogP contribution < -0.4 is 0 Å². The lowest BCUT2D eigenvalue weighted by atomic mass is 9.61. The van der Waals surface area contributed by atoms with Crippen LogP contribution in [-0.4, -0.2) is 29.6 Å². The highest BCUT2D eigenvalue weighted by molar-refractivity contribution is 6.27. The Kier molecular flexibility index (Phi) is 3.54. The molecule has 2 atom stereocenters. The van der Waals surface area contributed by atoms with Crippen LogP contribution in [0, 0.1) is 17.8 Å². The maximum atomic E-state index is 13.0. The quantitative estimate of drug-likeness (QED) is 0.732.